The summed E-state index contributed by atoms with van der Waals surface area (Å²) in [5.41, 5.74) is 1.29. The Morgan fingerprint density at radius 3 is 2.71 bits per heavy atom. The highest BCUT2D eigenvalue weighted by molar-refractivity contribution is 5.06. The van der Waals surface area contributed by atoms with Gasteiger partial charge in [-0.15, -0.1) is 0 Å². The largest absolute Gasteiger partial charge is 0.315 e. The summed E-state index contributed by atoms with van der Waals surface area (Å²) in [6, 6.07) is 0.495. The minimum Gasteiger partial charge on any atom is -0.315 e. The van der Waals surface area contributed by atoms with E-state index in [1.54, 1.807) is 0 Å². The van der Waals surface area contributed by atoms with Crippen molar-refractivity contribution in [3.63, 3.8) is 0 Å². The van der Waals surface area contributed by atoms with E-state index in [9.17, 15) is 0 Å². The van der Waals surface area contributed by atoms with Gasteiger partial charge in [-0.25, -0.2) is 0 Å². The Balaban J connectivity index is 2.48. The average molecular weight is 196 g/mol. The molecule has 0 aliphatic heterocycles. The predicted octanol–water partition coefficient (Wildman–Crippen LogP) is 0.112. The van der Waals surface area contributed by atoms with Gasteiger partial charge in [-0.05, 0) is 33.1 Å². The summed E-state index contributed by atoms with van der Waals surface area (Å²) in [5.74, 6) is 0. The smallest absolute Gasteiger partial charge is 0.0522 e. The van der Waals surface area contributed by atoms with Gasteiger partial charge in [0, 0.05) is 25.8 Å². The zero-order chi connectivity index (χ0) is 10.6. The molecule has 0 fully saturated rings. The zero-order valence-electron chi connectivity index (χ0n) is 9.49. The lowest BCUT2D eigenvalue weighted by atomic mass is 10.1. The first-order valence-electron chi connectivity index (χ1n) is 4.91. The van der Waals surface area contributed by atoms with Crippen molar-refractivity contribution in [1.29, 1.82) is 0 Å². The molecule has 1 aromatic rings. The number of nitrogens with one attached hydrogen (secondary N) is 1. The quantitative estimate of drug-likeness (QED) is 0.726. The Labute approximate surface area is 85.9 Å². The van der Waals surface area contributed by atoms with Crippen LogP contribution in [0.25, 0.3) is 0 Å². The van der Waals surface area contributed by atoms with Gasteiger partial charge in [-0.1, -0.05) is 0 Å². The van der Waals surface area contributed by atoms with Crippen molar-refractivity contribution in [3.05, 3.63) is 18.0 Å². The lowest BCUT2D eigenvalue weighted by Crippen LogP contribution is -2.37. The molecule has 1 unspecified atom stereocenters. The molecular weight excluding hydrogens is 176 g/mol. The third-order valence-corrected chi connectivity index (χ3v) is 2.23. The summed E-state index contributed by atoms with van der Waals surface area (Å²) >= 11 is 0. The van der Waals surface area contributed by atoms with Crippen LogP contribution in [-0.2, 0) is 13.5 Å². The average Bonchev–Trinajstić information content (AvgIpc) is 2.49. The van der Waals surface area contributed by atoms with Gasteiger partial charge in [0.1, 0.15) is 0 Å². The number of aromatic nitrogens is 2. The highest BCUT2D eigenvalue weighted by Crippen LogP contribution is 2.02. The van der Waals surface area contributed by atoms with Crippen molar-refractivity contribution in [2.75, 3.05) is 27.7 Å². The Hall–Kier alpha value is -0.870. The van der Waals surface area contributed by atoms with Crippen molar-refractivity contribution < 1.29 is 0 Å². The minimum atomic E-state index is 0.495. The van der Waals surface area contributed by atoms with E-state index in [-0.39, 0.29) is 0 Å². The van der Waals surface area contributed by atoms with Gasteiger partial charge in [0.15, 0.2) is 0 Å². The lowest BCUT2D eigenvalue weighted by Gasteiger charge is -2.19. The van der Waals surface area contributed by atoms with Crippen molar-refractivity contribution in [1.82, 2.24) is 20.0 Å². The third-order valence-electron chi connectivity index (χ3n) is 2.23. The monoisotopic (exact) mass is 196 g/mol. The molecule has 4 heteroatoms. The summed E-state index contributed by atoms with van der Waals surface area (Å²) < 4.78 is 1.84. The molecule has 0 aliphatic rings. The number of rotatable bonds is 5. The van der Waals surface area contributed by atoms with Gasteiger partial charge in [0.2, 0.25) is 0 Å². The van der Waals surface area contributed by atoms with Crippen molar-refractivity contribution in [2.24, 2.45) is 7.05 Å². The molecule has 0 bridgehead atoms. The molecule has 0 aliphatic carbocycles. The van der Waals surface area contributed by atoms with Gasteiger partial charge in [0.05, 0.1) is 6.20 Å². The van der Waals surface area contributed by atoms with Crippen LogP contribution in [0.4, 0.5) is 0 Å². The van der Waals surface area contributed by atoms with E-state index in [2.05, 4.69) is 35.6 Å². The van der Waals surface area contributed by atoms with Gasteiger partial charge in [-0.3, -0.25) is 4.68 Å². The second-order valence-corrected chi connectivity index (χ2v) is 3.97. The summed E-state index contributed by atoms with van der Waals surface area (Å²) in [6.07, 6.45) is 5.03. The summed E-state index contributed by atoms with van der Waals surface area (Å²) in [7, 11) is 8.13. The van der Waals surface area contributed by atoms with Crippen LogP contribution in [0.3, 0.4) is 0 Å². The van der Waals surface area contributed by atoms with Crippen molar-refractivity contribution in [2.45, 2.75) is 12.5 Å². The van der Waals surface area contributed by atoms with Crippen LogP contribution in [0.2, 0.25) is 0 Å². The summed E-state index contributed by atoms with van der Waals surface area (Å²) in [6.45, 7) is 1.05. The van der Waals surface area contributed by atoms with Gasteiger partial charge in [0.25, 0.3) is 0 Å². The Morgan fingerprint density at radius 1 is 1.57 bits per heavy atom. The van der Waals surface area contributed by atoms with Crippen molar-refractivity contribution >= 4 is 0 Å². The number of nitrogens with zero attached hydrogens (tertiary/aromatic N) is 3. The van der Waals surface area contributed by atoms with Gasteiger partial charge >= 0.3 is 0 Å². The SMILES string of the molecule is CNC(Cc1cnn(C)c1)CN(C)C. The predicted molar refractivity (Wildman–Crippen MR) is 58.3 cm³/mol. The number of hydrogen-bond donors (Lipinski definition) is 1. The lowest BCUT2D eigenvalue weighted by molar-refractivity contribution is 0.346. The molecule has 80 valence electrons. The molecule has 1 rings (SSSR count). The number of hydrogen-bond acceptors (Lipinski definition) is 3. The van der Waals surface area contributed by atoms with Crippen LogP contribution in [0, 0.1) is 0 Å². The molecule has 4 nitrogen and oxygen atoms in total. The van der Waals surface area contributed by atoms with Crippen LogP contribution < -0.4 is 5.32 Å². The fourth-order valence-electron chi connectivity index (χ4n) is 1.56. The second kappa shape index (κ2) is 5.12. The Kier molecular flexibility index (Phi) is 4.10. The highest BCUT2D eigenvalue weighted by atomic mass is 15.2. The highest BCUT2D eigenvalue weighted by Gasteiger charge is 2.09. The Bertz CT molecular complexity index is 267. The molecule has 1 N–H and O–H groups in total. The van der Waals surface area contributed by atoms with Crippen LogP contribution in [0.1, 0.15) is 5.56 Å². The molecule has 0 spiro atoms. The molecular formula is C10H20N4. The van der Waals surface area contributed by atoms with E-state index in [1.807, 2.05) is 25.0 Å². The first-order chi connectivity index (χ1) is 6.61. The summed E-state index contributed by atoms with van der Waals surface area (Å²) in [4.78, 5) is 2.19. The first-order valence-corrected chi connectivity index (χ1v) is 4.91. The van der Waals surface area contributed by atoms with E-state index in [0.29, 0.717) is 6.04 Å². The van der Waals surface area contributed by atoms with E-state index in [0.717, 1.165) is 13.0 Å². The molecule has 0 amide bonds. The molecule has 0 saturated heterocycles. The van der Waals surface area contributed by atoms with E-state index < -0.39 is 0 Å². The molecule has 1 atom stereocenters. The van der Waals surface area contributed by atoms with Crippen LogP contribution in [-0.4, -0.2) is 48.4 Å². The van der Waals surface area contributed by atoms with Crippen LogP contribution in [0.15, 0.2) is 12.4 Å². The number of likely N-dealkylation sites (N-methyl/N-ethyl adjacent to an activating group) is 2. The van der Waals surface area contributed by atoms with E-state index >= 15 is 0 Å². The maximum Gasteiger partial charge on any atom is 0.0522 e. The van der Waals surface area contributed by atoms with E-state index in [1.165, 1.54) is 5.56 Å². The maximum absolute atomic E-state index is 4.16. The Morgan fingerprint density at radius 2 is 2.29 bits per heavy atom. The normalized spacial score (nSPS) is 13.5. The minimum absolute atomic E-state index is 0.495. The van der Waals surface area contributed by atoms with Crippen LogP contribution >= 0.6 is 0 Å². The molecule has 0 saturated carbocycles. The van der Waals surface area contributed by atoms with E-state index in [4.69, 9.17) is 0 Å². The number of aryl methyl sites for hydroxylation is 1. The molecule has 1 aromatic heterocycles. The fourth-order valence-corrected chi connectivity index (χ4v) is 1.56. The van der Waals surface area contributed by atoms with Crippen molar-refractivity contribution in [3.8, 4) is 0 Å². The molecule has 0 radical (unpaired) electrons. The standard InChI is InChI=1S/C10H20N4/c1-11-10(8-13(2)3)5-9-6-12-14(4)7-9/h6-7,10-11H,5,8H2,1-4H3. The molecule has 1 heterocycles. The van der Waals surface area contributed by atoms with Gasteiger partial charge in [-0.2, -0.15) is 5.10 Å². The zero-order valence-corrected chi connectivity index (χ0v) is 9.49. The third kappa shape index (κ3) is 3.47. The van der Waals surface area contributed by atoms with Crippen LogP contribution in [0.5, 0.6) is 0 Å². The molecule has 0 aromatic carbocycles. The second-order valence-electron chi connectivity index (χ2n) is 3.97. The first kappa shape index (κ1) is 11.2. The van der Waals surface area contributed by atoms with Gasteiger partial charge < -0.3 is 10.2 Å². The fraction of sp³-hybridized carbons (Fsp3) is 0.700. The summed E-state index contributed by atoms with van der Waals surface area (Å²) in [5, 5.41) is 7.47. The molecule has 14 heavy (non-hydrogen) atoms. The maximum atomic E-state index is 4.16. The topological polar surface area (TPSA) is 33.1 Å².